The standard InChI is InChI=1S/C24H23Cl2N3O/c1-23(2)16-11-12-24(23,3)21-19(16)20(22(30)27-15-7-5-4-6-8-15)28-29(21)18-10-9-14(25)13-17(18)26/h4-10,13,16H,11-12H2,1-3H3,(H,27,30). The average Bonchev–Trinajstić information content (AvgIpc) is 3.25. The molecule has 154 valence electrons. The second-order valence-electron chi connectivity index (χ2n) is 9.08. The Hall–Kier alpha value is -2.30. The molecule has 1 amide bonds. The van der Waals surface area contributed by atoms with Crippen molar-refractivity contribution in [2.75, 3.05) is 5.32 Å². The molecule has 0 saturated heterocycles. The van der Waals surface area contributed by atoms with Crippen molar-refractivity contribution in [3.63, 3.8) is 0 Å². The topological polar surface area (TPSA) is 46.9 Å². The van der Waals surface area contributed by atoms with E-state index in [1.165, 1.54) is 0 Å². The smallest absolute Gasteiger partial charge is 0.276 e. The second kappa shape index (κ2) is 6.60. The number of halogens is 2. The van der Waals surface area contributed by atoms with Gasteiger partial charge in [-0.05, 0) is 54.5 Å². The van der Waals surface area contributed by atoms with Crippen LogP contribution in [-0.4, -0.2) is 15.7 Å². The summed E-state index contributed by atoms with van der Waals surface area (Å²) in [4.78, 5) is 13.3. The van der Waals surface area contributed by atoms with E-state index in [0.717, 1.165) is 35.5 Å². The largest absolute Gasteiger partial charge is 0.321 e. The number of fused-ring (bicyclic) bond motifs is 5. The molecule has 2 atom stereocenters. The van der Waals surface area contributed by atoms with Gasteiger partial charge >= 0.3 is 0 Å². The van der Waals surface area contributed by atoms with E-state index in [1.54, 1.807) is 12.1 Å². The van der Waals surface area contributed by atoms with E-state index >= 15 is 0 Å². The average molecular weight is 440 g/mol. The fourth-order valence-electron chi connectivity index (χ4n) is 5.43. The Morgan fingerprint density at radius 1 is 1.13 bits per heavy atom. The van der Waals surface area contributed by atoms with E-state index < -0.39 is 0 Å². The first kappa shape index (κ1) is 19.7. The number of carbonyl (C=O) groups is 1. The fourth-order valence-corrected chi connectivity index (χ4v) is 5.92. The van der Waals surface area contributed by atoms with Gasteiger partial charge in [-0.15, -0.1) is 0 Å². The number of benzene rings is 2. The van der Waals surface area contributed by atoms with Gasteiger partial charge in [-0.1, -0.05) is 62.2 Å². The third-order valence-electron chi connectivity index (χ3n) is 7.40. The highest BCUT2D eigenvalue weighted by atomic mass is 35.5. The van der Waals surface area contributed by atoms with Crippen LogP contribution in [0.4, 0.5) is 5.69 Å². The number of nitrogens with zero attached hydrogens (tertiary/aromatic N) is 2. The van der Waals surface area contributed by atoms with Crippen molar-refractivity contribution >= 4 is 34.8 Å². The molecule has 0 radical (unpaired) electrons. The molecule has 3 aromatic rings. The van der Waals surface area contributed by atoms with Gasteiger partial charge in [0.05, 0.1) is 16.4 Å². The number of nitrogens with one attached hydrogen (secondary N) is 1. The van der Waals surface area contributed by atoms with Gasteiger partial charge in [0.25, 0.3) is 5.91 Å². The van der Waals surface area contributed by atoms with Crippen LogP contribution in [0.1, 0.15) is 61.3 Å². The molecule has 1 saturated carbocycles. The van der Waals surface area contributed by atoms with Crippen LogP contribution >= 0.6 is 23.2 Å². The molecule has 5 rings (SSSR count). The molecular weight excluding hydrogens is 417 g/mol. The maximum absolute atomic E-state index is 13.3. The SMILES string of the molecule is CC12CCC(c3c(C(=O)Nc4ccccc4)nn(-c4ccc(Cl)cc4Cl)c31)C2(C)C. The minimum atomic E-state index is -0.187. The van der Waals surface area contributed by atoms with Crippen LogP contribution in [-0.2, 0) is 5.41 Å². The number of rotatable bonds is 3. The molecule has 6 heteroatoms. The maximum Gasteiger partial charge on any atom is 0.276 e. The molecule has 2 unspecified atom stereocenters. The molecule has 0 spiro atoms. The molecule has 30 heavy (non-hydrogen) atoms. The van der Waals surface area contributed by atoms with Crippen molar-refractivity contribution in [3.05, 3.63) is 75.5 Å². The van der Waals surface area contributed by atoms with E-state index in [2.05, 4.69) is 26.1 Å². The zero-order valence-electron chi connectivity index (χ0n) is 17.2. The summed E-state index contributed by atoms with van der Waals surface area (Å²) in [6, 6.07) is 14.9. The van der Waals surface area contributed by atoms with Gasteiger partial charge in [0, 0.05) is 21.7 Å². The Balaban J connectivity index is 1.70. The van der Waals surface area contributed by atoms with Gasteiger partial charge in [0.1, 0.15) is 0 Å². The molecule has 1 N–H and O–H groups in total. The molecule has 1 aromatic heterocycles. The third-order valence-corrected chi connectivity index (χ3v) is 7.94. The summed E-state index contributed by atoms with van der Waals surface area (Å²) in [5.74, 6) is 0.0992. The van der Waals surface area contributed by atoms with E-state index in [0.29, 0.717) is 15.7 Å². The number of anilines is 1. The second-order valence-corrected chi connectivity index (χ2v) is 9.93. The highest BCUT2D eigenvalue weighted by molar-refractivity contribution is 6.35. The first-order valence-corrected chi connectivity index (χ1v) is 10.9. The molecule has 0 aliphatic heterocycles. The summed E-state index contributed by atoms with van der Waals surface area (Å²) in [5, 5.41) is 8.92. The Kier molecular flexibility index (Phi) is 4.32. The summed E-state index contributed by atoms with van der Waals surface area (Å²) in [5.41, 5.74) is 4.10. The minimum absolute atomic E-state index is 0.0308. The zero-order valence-corrected chi connectivity index (χ0v) is 18.7. The number of hydrogen-bond donors (Lipinski definition) is 1. The molecule has 4 nitrogen and oxygen atoms in total. The monoisotopic (exact) mass is 439 g/mol. The lowest BCUT2D eigenvalue weighted by Crippen LogP contribution is -2.33. The van der Waals surface area contributed by atoms with Crippen molar-refractivity contribution in [1.82, 2.24) is 9.78 Å². The van der Waals surface area contributed by atoms with Gasteiger partial charge in [-0.2, -0.15) is 5.10 Å². The number of para-hydroxylation sites is 1. The van der Waals surface area contributed by atoms with Gasteiger partial charge in [-0.3, -0.25) is 4.79 Å². The van der Waals surface area contributed by atoms with Gasteiger partial charge in [0.15, 0.2) is 5.69 Å². The predicted octanol–water partition coefficient (Wildman–Crippen LogP) is 6.61. The van der Waals surface area contributed by atoms with E-state index in [9.17, 15) is 4.79 Å². The summed E-state index contributed by atoms with van der Waals surface area (Å²) in [6.07, 6.45) is 2.12. The van der Waals surface area contributed by atoms with Crippen molar-refractivity contribution < 1.29 is 4.79 Å². The third kappa shape index (κ3) is 2.60. The van der Waals surface area contributed by atoms with E-state index in [-0.39, 0.29) is 22.7 Å². The quantitative estimate of drug-likeness (QED) is 0.498. The highest BCUT2D eigenvalue weighted by Crippen LogP contribution is 2.68. The molecule has 2 aliphatic rings. The number of aromatic nitrogens is 2. The predicted molar refractivity (Wildman–Crippen MR) is 121 cm³/mol. The normalized spacial score (nSPS) is 23.4. The van der Waals surface area contributed by atoms with Crippen LogP contribution in [0, 0.1) is 5.41 Å². The van der Waals surface area contributed by atoms with Crippen LogP contribution in [0.25, 0.3) is 5.69 Å². The molecule has 2 aliphatic carbocycles. The van der Waals surface area contributed by atoms with E-state index in [1.807, 2.05) is 41.1 Å². The van der Waals surface area contributed by atoms with E-state index in [4.69, 9.17) is 28.3 Å². The van der Waals surface area contributed by atoms with Crippen molar-refractivity contribution in [3.8, 4) is 5.69 Å². The Bertz CT molecular complexity index is 1170. The molecule has 1 fully saturated rings. The first-order valence-electron chi connectivity index (χ1n) is 10.2. The number of amides is 1. The van der Waals surface area contributed by atoms with Gasteiger partial charge in [0.2, 0.25) is 0 Å². The Morgan fingerprint density at radius 3 is 2.57 bits per heavy atom. The highest BCUT2D eigenvalue weighted by Gasteiger charge is 2.63. The Labute approximate surface area is 186 Å². The molecule has 2 aromatic carbocycles. The van der Waals surface area contributed by atoms with Crippen LogP contribution in [0.15, 0.2) is 48.5 Å². The van der Waals surface area contributed by atoms with Crippen molar-refractivity contribution in [1.29, 1.82) is 0 Å². The Morgan fingerprint density at radius 2 is 1.87 bits per heavy atom. The lowest BCUT2D eigenvalue weighted by Gasteiger charge is -2.35. The minimum Gasteiger partial charge on any atom is -0.321 e. The molecular formula is C24H23Cl2N3O. The molecule has 2 bridgehead atoms. The molecule has 1 heterocycles. The number of carbonyl (C=O) groups excluding carboxylic acids is 1. The van der Waals surface area contributed by atoms with Crippen LogP contribution in [0.3, 0.4) is 0 Å². The van der Waals surface area contributed by atoms with Gasteiger partial charge in [-0.25, -0.2) is 4.68 Å². The fraction of sp³-hybridized carbons (Fsp3) is 0.333. The summed E-state index contributed by atoms with van der Waals surface area (Å²) in [6.45, 7) is 6.90. The summed E-state index contributed by atoms with van der Waals surface area (Å²) in [7, 11) is 0. The van der Waals surface area contributed by atoms with Crippen molar-refractivity contribution in [2.45, 2.75) is 44.9 Å². The summed E-state index contributed by atoms with van der Waals surface area (Å²) >= 11 is 12.7. The van der Waals surface area contributed by atoms with Crippen molar-refractivity contribution in [2.24, 2.45) is 5.41 Å². The lowest BCUT2D eigenvalue weighted by atomic mass is 9.70. The zero-order chi connectivity index (χ0) is 21.3. The maximum atomic E-state index is 13.3. The van der Waals surface area contributed by atoms with Crippen LogP contribution < -0.4 is 5.32 Å². The van der Waals surface area contributed by atoms with Crippen LogP contribution in [0.5, 0.6) is 0 Å². The number of hydrogen-bond acceptors (Lipinski definition) is 2. The first-order chi connectivity index (χ1) is 14.2. The summed E-state index contributed by atoms with van der Waals surface area (Å²) < 4.78 is 1.88. The lowest BCUT2D eigenvalue weighted by molar-refractivity contribution is 0.101. The van der Waals surface area contributed by atoms with Crippen LogP contribution in [0.2, 0.25) is 10.0 Å². The van der Waals surface area contributed by atoms with Gasteiger partial charge < -0.3 is 5.32 Å².